The molecule has 1 unspecified atom stereocenters. The van der Waals surface area contributed by atoms with Crippen LogP contribution in [-0.2, 0) is 22.1 Å². The molecule has 42 heavy (non-hydrogen) atoms. The Bertz CT molecular complexity index is 1370. The first-order chi connectivity index (χ1) is 20.2. The summed E-state index contributed by atoms with van der Waals surface area (Å²) < 4.78 is 48.0. The van der Waals surface area contributed by atoms with Gasteiger partial charge in [0.1, 0.15) is 17.6 Å². The smallest absolute Gasteiger partial charge is 0.238 e. The molecule has 0 aromatic carbocycles. The zero-order chi connectivity index (χ0) is 31.2. The molecule has 1 atom stereocenters. The molecule has 1 aliphatic rings. The summed E-state index contributed by atoms with van der Waals surface area (Å²) in [5.74, 6) is 1.80. The van der Waals surface area contributed by atoms with Crippen LogP contribution in [0.3, 0.4) is 0 Å². The number of nitrogens with one attached hydrogen (secondary N) is 2. The number of methoxy groups -OCH3 is 1. The largest absolute Gasteiger partial charge is 0.480 e. The van der Waals surface area contributed by atoms with Gasteiger partial charge in [-0.25, -0.2) is 28.7 Å². The highest BCUT2D eigenvalue weighted by atomic mass is 32.2. The summed E-state index contributed by atoms with van der Waals surface area (Å²) in [7, 11) is 2.68. The summed E-state index contributed by atoms with van der Waals surface area (Å²) in [6, 6.07) is 3.47. The predicted octanol–water partition coefficient (Wildman–Crippen LogP) is 4.76. The van der Waals surface area contributed by atoms with Gasteiger partial charge in [-0.15, -0.1) is 0 Å². The van der Waals surface area contributed by atoms with Crippen LogP contribution in [0.2, 0.25) is 0 Å². The van der Waals surface area contributed by atoms with Gasteiger partial charge in [-0.2, -0.15) is 0 Å². The molecule has 2 N–H and O–H groups in total. The molecular weight excluding hydrogens is 573 g/mol. The average Bonchev–Trinajstić information content (AvgIpc) is 3.86. The first-order valence-electron chi connectivity index (χ1n) is 12.9. The topological polar surface area (TPSA) is 144 Å². The Hall–Kier alpha value is -4.01. The van der Waals surface area contributed by atoms with Gasteiger partial charge in [-0.05, 0) is 31.9 Å². The number of hydrogen-bond donors (Lipinski definition) is 2. The lowest BCUT2D eigenvalue weighted by Gasteiger charge is -2.16. The summed E-state index contributed by atoms with van der Waals surface area (Å²) in [5.41, 5.74) is 3.32. The second kappa shape index (κ2) is 17.1. The molecule has 4 rings (SSSR count). The number of aromatic nitrogens is 5. The summed E-state index contributed by atoms with van der Waals surface area (Å²) in [5, 5.41) is 6.09. The SMILES string of the molecule is CCC(F)F.CF.CNc1nc(-c2c(OC)ncnc2C2CC2)nc(C)c1NC(C=O)=NCc1ccc(S(C)=O)cn1. The van der Waals surface area contributed by atoms with Crippen LogP contribution >= 0.6 is 0 Å². The van der Waals surface area contributed by atoms with Crippen molar-refractivity contribution in [1.29, 1.82) is 0 Å². The minimum absolute atomic E-state index is 0.0278. The molecule has 228 valence electrons. The van der Waals surface area contributed by atoms with Gasteiger partial charge in [-0.1, -0.05) is 6.92 Å². The summed E-state index contributed by atoms with van der Waals surface area (Å²) >= 11 is 0. The van der Waals surface area contributed by atoms with Gasteiger partial charge in [0, 0.05) is 31.8 Å². The molecule has 0 aliphatic heterocycles. The molecule has 1 saturated carbocycles. The third kappa shape index (κ3) is 9.53. The van der Waals surface area contributed by atoms with Gasteiger partial charge in [0.2, 0.25) is 12.3 Å². The lowest BCUT2D eigenvalue weighted by molar-refractivity contribution is -0.102. The van der Waals surface area contributed by atoms with Crippen LogP contribution in [0.15, 0.2) is 34.5 Å². The number of nitrogens with zero attached hydrogens (tertiary/aromatic N) is 6. The number of aliphatic imine (C=N–C) groups is 1. The monoisotopic (exact) mass is 608 g/mol. The highest BCUT2D eigenvalue weighted by Gasteiger charge is 2.31. The van der Waals surface area contributed by atoms with Crippen molar-refractivity contribution < 1.29 is 26.9 Å². The second-order valence-electron chi connectivity index (χ2n) is 8.71. The third-order valence-corrected chi connectivity index (χ3v) is 6.67. The Morgan fingerprint density at radius 3 is 2.40 bits per heavy atom. The van der Waals surface area contributed by atoms with Crippen molar-refractivity contribution in [1.82, 2.24) is 24.9 Å². The molecular formula is C27H35F3N8O3S. The third-order valence-electron chi connectivity index (χ3n) is 5.76. The van der Waals surface area contributed by atoms with Gasteiger partial charge in [-0.3, -0.25) is 23.4 Å². The maximum atomic E-state index is 11.7. The van der Waals surface area contributed by atoms with Crippen LogP contribution in [0.1, 0.15) is 49.2 Å². The molecule has 0 bridgehead atoms. The number of alkyl halides is 3. The van der Waals surface area contributed by atoms with E-state index in [9.17, 15) is 22.2 Å². The molecule has 0 amide bonds. The summed E-state index contributed by atoms with van der Waals surface area (Å²) in [6.45, 7) is 3.44. The quantitative estimate of drug-likeness (QED) is 0.188. The van der Waals surface area contributed by atoms with E-state index in [1.54, 1.807) is 38.7 Å². The van der Waals surface area contributed by atoms with E-state index < -0.39 is 17.2 Å². The summed E-state index contributed by atoms with van der Waals surface area (Å²) in [4.78, 5) is 39.0. The number of aldehydes is 1. The van der Waals surface area contributed by atoms with Crippen molar-refractivity contribution in [3.05, 3.63) is 41.7 Å². The molecule has 15 heteroatoms. The Balaban J connectivity index is 0.000000797. The number of pyridine rings is 1. The van der Waals surface area contributed by atoms with Gasteiger partial charge in [0.15, 0.2) is 23.8 Å². The molecule has 3 aromatic heterocycles. The average molecular weight is 609 g/mol. The van der Waals surface area contributed by atoms with E-state index in [0.29, 0.717) is 64.4 Å². The fraction of sp³-hybridized carbons (Fsp3) is 0.444. The fourth-order valence-corrected chi connectivity index (χ4v) is 3.96. The fourth-order valence-electron chi connectivity index (χ4n) is 3.50. The number of halogens is 3. The highest BCUT2D eigenvalue weighted by molar-refractivity contribution is 7.84. The zero-order valence-corrected chi connectivity index (χ0v) is 25.1. The Morgan fingerprint density at radius 2 is 1.90 bits per heavy atom. The van der Waals surface area contributed by atoms with E-state index in [2.05, 4.69) is 40.5 Å². The van der Waals surface area contributed by atoms with Crippen molar-refractivity contribution >= 4 is 34.4 Å². The number of ether oxygens (including phenoxy) is 1. The summed E-state index contributed by atoms with van der Waals surface area (Å²) in [6.07, 6.45) is 5.22. The van der Waals surface area contributed by atoms with Crippen molar-refractivity contribution in [3.8, 4) is 17.3 Å². The van der Waals surface area contributed by atoms with Gasteiger partial charge < -0.3 is 15.4 Å². The minimum atomic E-state index is -2.12. The van der Waals surface area contributed by atoms with Crippen molar-refractivity contribution in [2.75, 3.05) is 38.2 Å². The van der Waals surface area contributed by atoms with E-state index in [-0.39, 0.29) is 18.8 Å². The second-order valence-corrected chi connectivity index (χ2v) is 10.1. The van der Waals surface area contributed by atoms with Crippen LogP contribution in [-0.4, -0.2) is 75.3 Å². The van der Waals surface area contributed by atoms with Crippen LogP contribution in [0.5, 0.6) is 5.88 Å². The molecule has 3 aromatic rings. The molecule has 3 heterocycles. The first kappa shape index (κ1) is 34.2. The molecule has 1 fully saturated rings. The maximum absolute atomic E-state index is 11.7. The highest BCUT2D eigenvalue weighted by Crippen LogP contribution is 2.45. The Kier molecular flexibility index (Phi) is 13.9. The maximum Gasteiger partial charge on any atom is 0.238 e. The lowest BCUT2D eigenvalue weighted by atomic mass is 10.1. The van der Waals surface area contributed by atoms with Gasteiger partial charge in [0.25, 0.3) is 0 Å². The van der Waals surface area contributed by atoms with Crippen molar-refractivity contribution in [2.24, 2.45) is 4.99 Å². The zero-order valence-electron chi connectivity index (χ0n) is 24.3. The van der Waals surface area contributed by atoms with Gasteiger partial charge in [0.05, 0.1) is 53.6 Å². The minimum Gasteiger partial charge on any atom is -0.480 e. The lowest BCUT2D eigenvalue weighted by Crippen LogP contribution is -2.18. The molecule has 1 aliphatic carbocycles. The standard InChI is InChI=1S/C23H26N8O3S.C3H6F2.CH3F/c1-13-19(30-17(11-32)26-9-15-7-8-16(10-25-15)35(4)33)22(24-2)31-21(29-13)18-20(14-5-6-14)27-12-28-23(18)34-3;1-2-3(4)5;1-2/h7-8,10-12,14H,5-6,9H2,1-4H3,(H,26,30)(H,24,29,31);3H,2H2,1H3;1H3. The van der Waals surface area contributed by atoms with E-state index >= 15 is 0 Å². The number of amidine groups is 1. The Labute approximate surface area is 245 Å². The number of carbonyl (C=O) groups is 1. The number of rotatable bonds is 10. The molecule has 11 nitrogen and oxygen atoms in total. The molecule has 0 saturated heterocycles. The normalized spacial score (nSPS) is 13.2. The van der Waals surface area contributed by atoms with Crippen molar-refractivity contribution in [3.63, 3.8) is 0 Å². The van der Waals surface area contributed by atoms with Crippen LogP contribution in [0.25, 0.3) is 11.4 Å². The van der Waals surface area contributed by atoms with E-state index in [0.717, 1.165) is 18.5 Å². The number of anilines is 2. The number of carbonyl (C=O) groups excluding carboxylic acids is 1. The number of hydrogen-bond acceptors (Lipinski definition) is 10. The van der Waals surface area contributed by atoms with Crippen LogP contribution in [0.4, 0.5) is 24.7 Å². The predicted molar refractivity (Wildman–Crippen MR) is 157 cm³/mol. The molecule has 0 radical (unpaired) electrons. The number of aryl methyl sites for hydroxylation is 1. The van der Waals surface area contributed by atoms with E-state index in [1.807, 2.05) is 6.92 Å². The first-order valence-corrected chi connectivity index (χ1v) is 14.4. The van der Waals surface area contributed by atoms with Crippen molar-refractivity contribution in [2.45, 2.75) is 56.9 Å². The van der Waals surface area contributed by atoms with E-state index in [4.69, 9.17) is 4.74 Å². The van der Waals surface area contributed by atoms with E-state index in [1.165, 1.54) is 13.3 Å². The molecule has 0 spiro atoms. The Morgan fingerprint density at radius 1 is 1.21 bits per heavy atom. The van der Waals surface area contributed by atoms with Crippen LogP contribution < -0.4 is 15.4 Å². The van der Waals surface area contributed by atoms with Crippen LogP contribution in [0, 0.1) is 6.92 Å². The van der Waals surface area contributed by atoms with Gasteiger partial charge >= 0.3 is 0 Å².